The normalized spacial score (nSPS) is 12.8. The van der Waals surface area contributed by atoms with Gasteiger partial charge in [0.25, 0.3) is 11.4 Å². The van der Waals surface area contributed by atoms with Crippen molar-refractivity contribution in [3.63, 3.8) is 0 Å². The molecule has 7 heteroatoms. The van der Waals surface area contributed by atoms with E-state index in [1.165, 1.54) is 18.2 Å². The van der Waals surface area contributed by atoms with Gasteiger partial charge in [0.2, 0.25) is 0 Å². The molecule has 116 valence electrons. The molecule has 7 nitrogen and oxygen atoms in total. The molecule has 0 fully saturated rings. The first kappa shape index (κ1) is 16.9. The second-order valence-corrected chi connectivity index (χ2v) is 5.91. The molecule has 0 saturated carbocycles. The van der Waals surface area contributed by atoms with Gasteiger partial charge in [-0.1, -0.05) is 20.3 Å². The predicted octanol–water partition coefficient (Wildman–Crippen LogP) is 4.13. The van der Waals surface area contributed by atoms with Crippen molar-refractivity contribution < 1.29 is 9.85 Å². The molecule has 0 bridgehead atoms. The highest BCUT2D eigenvalue weighted by Gasteiger charge is 2.30. The Morgan fingerprint density at radius 1 is 1.19 bits per heavy atom. The van der Waals surface area contributed by atoms with Crippen molar-refractivity contribution in [2.75, 3.05) is 5.32 Å². The van der Waals surface area contributed by atoms with Crippen LogP contribution >= 0.6 is 0 Å². The van der Waals surface area contributed by atoms with Gasteiger partial charge in [-0.15, -0.1) is 0 Å². The van der Waals surface area contributed by atoms with Crippen LogP contribution in [-0.2, 0) is 0 Å². The van der Waals surface area contributed by atoms with Crippen LogP contribution in [0, 0.1) is 26.1 Å². The third kappa shape index (κ3) is 4.40. The van der Waals surface area contributed by atoms with Crippen LogP contribution in [0.3, 0.4) is 0 Å². The maximum Gasteiger partial charge on any atom is 0.299 e. The van der Waals surface area contributed by atoms with Gasteiger partial charge in [-0.3, -0.25) is 20.2 Å². The molecule has 1 atom stereocenters. The first-order valence-electron chi connectivity index (χ1n) is 6.88. The summed E-state index contributed by atoms with van der Waals surface area (Å²) in [6, 6.07) is 3.87. The summed E-state index contributed by atoms with van der Waals surface area (Å²) in [7, 11) is 0. The van der Waals surface area contributed by atoms with Crippen molar-refractivity contribution in [2.24, 2.45) is 5.92 Å². The van der Waals surface area contributed by atoms with E-state index in [4.69, 9.17) is 0 Å². The van der Waals surface area contributed by atoms with Crippen LogP contribution in [0.2, 0.25) is 0 Å². The number of anilines is 1. The Morgan fingerprint density at radius 3 is 2.05 bits per heavy atom. The van der Waals surface area contributed by atoms with Crippen molar-refractivity contribution in [1.29, 1.82) is 0 Å². The third-order valence-electron chi connectivity index (χ3n) is 3.43. The summed E-state index contributed by atoms with van der Waals surface area (Å²) in [5.74, 6) is 0.411. The van der Waals surface area contributed by atoms with Crippen LogP contribution in [0.25, 0.3) is 0 Å². The molecule has 1 aromatic carbocycles. The van der Waals surface area contributed by atoms with Gasteiger partial charge in [0.15, 0.2) is 5.69 Å². The minimum Gasteiger partial charge on any atom is -0.369 e. The van der Waals surface area contributed by atoms with E-state index in [9.17, 15) is 20.2 Å². The Kier molecular flexibility index (Phi) is 5.23. The molecule has 0 aliphatic carbocycles. The lowest BCUT2D eigenvalue weighted by molar-refractivity contribution is -0.392. The van der Waals surface area contributed by atoms with Crippen LogP contribution < -0.4 is 5.32 Å². The second-order valence-electron chi connectivity index (χ2n) is 5.91. The van der Waals surface area contributed by atoms with E-state index < -0.39 is 15.4 Å². The Hall–Kier alpha value is -2.18. The predicted molar refractivity (Wildman–Crippen MR) is 81.5 cm³/mol. The molecule has 0 amide bonds. The molecule has 0 spiro atoms. The minimum atomic E-state index is -0.603. The second kappa shape index (κ2) is 6.51. The fourth-order valence-electron chi connectivity index (χ4n) is 2.37. The van der Waals surface area contributed by atoms with Crippen molar-refractivity contribution >= 4 is 17.1 Å². The maximum atomic E-state index is 11.1. The fourth-order valence-corrected chi connectivity index (χ4v) is 2.37. The van der Waals surface area contributed by atoms with Crippen LogP contribution in [-0.4, -0.2) is 15.4 Å². The Morgan fingerprint density at radius 2 is 1.67 bits per heavy atom. The number of nitrogens with one attached hydrogen (secondary N) is 1. The average molecular weight is 295 g/mol. The topological polar surface area (TPSA) is 98.3 Å². The number of hydrogen-bond donors (Lipinski definition) is 1. The maximum absolute atomic E-state index is 11.1. The first-order chi connectivity index (χ1) is 9.68. The van der Waals surface area contributed by atoms with Gasteiger partial charge >= 0.3 is 0 Å². The molecule has 0 aliphatic heterocycles. The lowest BCUT2D eigenvalue weighted by Crippen LogP contribution is -2.33. The standard InChI is InChI=1S/C14H21N3O4/c1-5-10(2)9-14(3,4)15-13-11(16(18)19)7-6-8-12(13)17(20)21/h6-8,10,15H,5,9H2,1-4H3/t10-/m1/s1. The summed E-state index contributed by atoms with van der Waals surface area (Å²) in [4.78, 5) is 21.0. The summed E-state index contributed by atoms with van der Waals surface area (Å²) >= 11 is 0. The molecule has 0 heterocycles. The SMILES string of the molecule is CC[C@@H](C)CC(C)(C)Nc1c([N+](=O)[O-])cccc1[N+](=O)[O-]. The van der Waals surface area contributed by atoms with Crippen LogP contribution in [0.1, 0.15) is 40.5 Å². The zero-order valence-corrected chi connectivity index (χ0v) is 12.8. The van der Waals surface area contributed by atoms with Crippen LogP contribution in [0.15, 0.2) is 18.2 Å². The van der Waals surface area contributed by atoms with E-state index >= 15 is 0 Å². The van der Waals surface area contributed by atoms with Crippen molar-refractivity contribution in [3.8, 4) is 0 Å². The van der Waals surface area contributed by atoms with E-state index in [-0.39, 0.29) is 17.1 Å². The molecule has 21 heavy (non-hydrogen) atoms. The molecular formula is C14H21N3O4. The summed E-state index contributed by atoms with van der Waals surface area (Å²) in [6.07, 6.45) is 1.73. The quantitative estimate of drug-likeness (QED) is 0.602. The van der Waals surface area contributed by atoms with Gasteiger partial charge < -0.3 is 5.32 Å². The number of hydrogen-bond acceptors (Lipinski definition) is 5. The van der Waals surface area contributed by atoms with E-state index in [1.807, 2.05) is 13.8 Å². The third-order valence-corrected chi connectivity index (χ3v) is 3.43. The van der Waals surface area contributed by atoms with Gasteiger partial charge in [-0.25, -0.2) is 0 Å². The number of nitrogens with zero attached hydrogens (tertiary/aromatic N) is 2. The monoisotopic (exact) mass is 295 g/mol. The molecule has 1 rings (SSSR count). The van der Waals surface area contributed by atoms with Gasteiger partial charge in [0.1, 0.15) is 0 Å². The first-order valence-corrected chi connectivity index (χ1v) is 6.88. The zero-order valence-electron chi connectivity index (χ0n) is 12.8. The summed E-state index contributed by atoms with van der Waals surface area (Å²) in [5.41, 5.74) is -1.06. The number of para-hydroxylation sites is 1. The molecule has 1 N–H and O–H groups in total. The van der Waals surface area contributed by atoms with E-state index in [0.29, 0.717) is 5.92 Å². The Balaban J connectivity index is 3.21. The van der Waals surface area contributed by atoms with E-state index in [0.717, 1.165) is 12.8 Å². The Bertz CT molecular complexity index is 511. The van der Waals surface area contributed by atoms with Crippen LogP contribution in [0.5, 0.6) is 0 Å². The van der Waals surface area contributed by atoms with Gasteiger partial charge in [0, 0.05) is 17.7 Å². The minimum absolute atomic E-state index is 0.0270. The van der Waals surface area contributed by atoms with E-state index in [2.05, 4.69) is 19.2 Å². The summed E-state index contributed by atoms with van der Waals surface area (Å²) < 4.78 is 0. The molecule has 1 aromatic rings. The summed E-state index contributed by atoms with van der Waals surface area (Å²) in [6.45, 7) is 7.92. The smallest absolute Gasteiger partial charge is 0.299 e. The highest BCUT2D eigenvalue weighted by molar-refractivity contribution is 5.74. The van der Waals surface area contributed by atoms with Gasteiger partial charge in [-0.05, 0) is 32.3 Å². The van der Waals surface area contributed by atoms with Crippen molar-refractivity contribution in [1.82, 2.24) is 0 Å². The Labute approximate surface area is 123 Å². The number of nitro benzene ring substituents is 2. The van der Waals surface area contributed by atoms with Crippen molar-refractivity contribution in [2.45, 2.75) is 46.1 Å². The van der Waals surface area contributed by atoms with Gasteiger partial charge in [0.05, 0.1) is 9.85 Å². The highest BCUT2D eigenvalue weighted by atomic mass is 16.6. The zero-order chi connectivity index (χ0) is 16.2. The molecular weight excluding hydrogens is 274 g/mol. The molecule has 0 unspecified atom stereocenters. The van der Waals surface area contributed by atoms with Gasteiger partial charge in [-0.2, -0.15) is 0 Å². The van der Waals surface area contributed by atoms with E-state index in [1.54, 1.807) is 0 Å². The molecule has 0 aliphatic rings. The lowest BCUT2D eigenvalue weighted by atomic mass is 9.89. The summed E-state index contributed by atoms with van der Waals surface area (Å²) in [5, 5.41) is 25.2. The molecule has 0 aromatic heterocycles. The highest BCUT2D eigenvalue weighted by Crippen LogP contribution is 2.37. The largest absolute Gasteiger partial charge is 0.369 e. The molecule has 0 radical (unpaired) electrons. The number of benzene rings is 1. The lowest BCUT2D eigenvalue weighted by Gasteiger charge is -2.29. The fraction of sp³-hybridized carbons (Fsp3) is 0.571. The van der Waals surface area contributed by atoms with Crippen LogP contribution in [0.4, 0.5) is 17.1 Å². The number of rotatable bonds is 7. The average Bonchev–Trinajstić information content (AvgIpc) is 2.37. The van der Waals surface area contributed by atoms with Crippen molar-refractivity contribution in [3.05, 3.63) is 38.4 Å². The molecule has 0 saturated heterocycles. The number of nitro groups is 2.